The molecular weight excluding hydrogens is 274 g/mol. The van der Waals surface area contributed by atoms with Gasteiger partial charge >= 0.3 is 0 Å². The molecule has 1 saturated carbocycles. The first-order valence-electron chi connectivity index (χ1n) is 7.94. The third-order valence-corrected chi connectivity index (χ3v) is 3.44. The van der Waals surface area contributed by atoms with Gasteiger partial charge in [0.2, 0.25) is 0 Å². The summed E-state index contributed by atoms with van der Waals surface area (Å²) in [6.07, 6.45) is 1.38. The van der Waals surface area contributed by atoms with Crippen LogP contribution in [-0.2, 0) is 23.7 Å². The van der Waals surface area contributed by atoms with Crippen molar-refractivity contribution in [3.63, 3.8) is 0 Å². The third-order valence-electron chi connectivity index (χ3n) is 3.44. The summed E-state index contributed by atoms with van der Waals surface area (Å²) in [7, 11) is 1.66. The Labute approximate surface area is 128 Å². The fourth-order valence-electron chi connectivity index (χ4n) is 2.34. The summed E-state index contributed by atoms with van der Waals surface area (Å²) < 4.78 is 27.2. The molecule has 3 unspecified atom stereocenters. The quantitative estimate of drug-likeness (QED) is 0.480. The van der Waals surface area contributed by atoms with Gasteiger partial charge in [0, 0.05) is 19.8 Å². The maximum atomic E-state index is 5.81. The van der Waals surface area contributed by atoms with E-state index < -0.39 is 0 Å². The molecule has 0 heterocycles. The van der Waals surface area contributed by atoms with Crippen LogP contribution in [0, 0.1) is 0 Å². The molecule has 1 rings (SSSR count). The van der Waals surface area contributed by atoms with Crippen LogP contribution in [0.2, 0.25) is 0 Å². The molecule has 1 aliphatic rings. The topological polar surface area (TPSA) is 58.2 Å². The number of hydrogen-bond donors (Lipinski definition) is 1. The van der Waals surface area contributed by atoms with E-state index in [9.17, 15) is 0 Å². The molecule has 0 aromatic carbocycles. The van der Waals surface area contributed by atoms with Crippen molar-refractivity contribution in [3.8, 4) is 0 Å². The Morgan fingerprint density at radius 2 is 1.57 bits per heavy atom. The fourth-order valence-corrected chi connectivity index (χ4v) is 2.34. The average molecular weight is 305 g/mol. The smallest absolute Gasteiger partial charge is 0.0990 e. The summed E-state index contributed by atoms with van der Waals surface area (Å²) in [4.78, 5) is 0. The second kappa shape index (κ2) is 12.3. The average Bonchev–Trinajstić information content (AvgIpc) is 2.49. The number of rotatable bonds is 14. The molecule has 0 aromatic rings. The molecule has 1 N–H and O–H groups in total. The molecule has 0 aromatic heterocycles. The third kappa shape index (κ3) is 7.54. The van der Waals surface area contributed by atoms with Crippen molar-refractivity contribution in [1.29, 1.82) is 0 Å². The molecule has 126 valence electrons. The van der Waals surface area contributed by atoms with E-state index in [-0.39, 0.29) is 12.2 Å². The Morgan fingerprint density at radius 1 is 0.905 bits per heavy atom. The Balaban J connectivity index is 1.95. The number of hydrogen-bond acceptors (Lipinski definition) is 6. The van der Waals surface area contributed by atoms with Crippen molar-refractivity contribution in [2.45, 2.75) is 38.5 Å². The Hall–Kier alpha value is -0.240. The van der Waals surface area contributed by atoms with E-state index in [1.165, 1.54) is 0 Å². The highest BCUT2D eigenvalue weighted by Gasteiger charge is 2.41. The van der Waals surface area contributed by atoms with E-state index in [0.717, 1.165) is 19.6 Å². The zero-order chi connectivity index (χ0) is 15.3. The van der Waals surface area contributed by atoms with Crippen LogP contribution in [-0.4, -0.2) is 78.2 Å². The van der Waals surface area contributed by atoms with Gasteiger partial charge in [-0.15, -0.1) is 0 Å². The van der Waals surface area contributed by atoms with Crippen molar-refractivity contribution in [3.05, 3.63) is 0 Å². The van der Waals surface area contributed by atoms with E-state index >= 15 is 0 Å². The van der Waals surface area contributed by atoms with Crippen molar-refractivity contribution >= 4 is 0 Å². The summed E-state index contributed by atoms with van der Waals surface area (Å²) in [5.41, 5.74) is 0. The molecule has 21 heavy (non-hydrogen) atoms. The van der Waals surface area contributed by atoms with Gasteiger partial charge in [0.05, 0.1) is 51.8 Å². The molecule has 0 amide bonds. The number of likely N-dealkylation sites (N-methyl/N-ethyl adjacent to an activating group) is 1. The van der Waals surface area contributed by atoms with E-state index in [2.05, 4.69) is 12.2 Å². The summed E-state index contributed by atoms with van der Waals surface area (Å²) in [5.74, 6) is 0. The van der Waals surface area contributed by atoms with Gasteiger partial charge in [-0.3, -0.25) is 0 Å². The van der Waals surface area contributed by atoms with Gasteiger partial charge in [-0.05, 0) is 19.9 Å². The van der Waals surface area contributed by atoms with Crippen LogP contribution in [0.25, 0.3) is 0 Å². The van der Waals surface area contributed by atoms with Gasteiger partial charge in [0.25, 0.3) is 0 Å². The van der Waals surface area contributed by atoms with Gasteiger partial charge in [-0.2, -0.15) is 0 Å². The molecule has 0 bridgehead atoms. The van der Waals surface area contributed by atoms with Crippen molar-refractivity contribution in [1.82, 2.24) is 5.32 Å². The molecule has 3 atom stereocenters. The molecule has 0 radical (unpaired) electrons. The number of methoxy groups -OCH3 is 1. The normalized spacial score (nSPS) is 25.0. The highest BCUT2D eigenvalue weighted by atomic mass is 16.6. The van der Waals surface area contributed by atoms with E-state index in [1.54, 1.807) is 7.11 Å². The minimum atomic E-state index is 0.173. The minimum Gasteiger partial charge on any atom is -0.382 e. The maximum Gasteiger partial charge on any atom is 0.0990 e. The summed E-state index contributed by atoms with van der Waals surface area (Å²) in [5, 5.41) is 3.42. The van der Waals surface area contributed by atoms with E-state index in [0.29, 0.717) is 45.7 Å². The van der Waals surface area contributed by atoms with E-state index in [4.69, 9.17) is 23.7 Å². The lowest BCUT2D eigenvalue weighted by Gasteiger charge is -2.44. The van der Waals surface area contributed by atoms with Crippen LogP contribution in [0.3, 0.4) is 0 Å². The highest BCUT2D eigenvalue weighted by molar-refractivity contribution is 4.97. The van der Waals surface area contributed by atoms with Crippen LogP contribution in [0.15, 0.2) is 0 Å². The molecule has 1 aliphatic carbocycles. The summed E-state index contributed by atoms with van der Waals surface area (Å²) >= 11 is 0. The Morgan fingerprint density at radius 3 is 2.19 bits per heavy atom. The van der Waals surface area contributed by atoms with Gasteiger partial charge in [0.1, 0.15) is 0 Å². The fraction of sp³-hybridized carbons (Fsp3) is 1.00. The standard InChI is InChI=1S/C15H31NO5/c1-4-16-13-12-14(15(13)20-5-2)21-11-10-19-9-8-18-7-6-17-3/h13-16H,4-12H2,1-3H3. The number of nitrogens with one attached hydrogen (secondary N) is 1. The predicted octanol–water partition coefficient (Wildman–Crippen LogP) is 0.838. The lowest BCUT2D eigenvalue weighted by atomic mass is 9.85. The lowest BCUT2D eigenvalue weighted by Crippen LogP contribution is -2.60. The number of ether oxygens (including phenoxy) is 5. The molecular formula is C15H31NO5. The van der Waals surface area contributed by atoms with Crippen molar-refractivity contribution in [2.75, 3.05) is 59.9 Å². The molecule has 6 heteroatoms. The van der Waals surface area contributed by atoms with Crippen molar-refractivity contribution in [2.24, 2.45) is 0 Å². The van der Waals surface area contributed by atoms with Gasteiger partial charge < -0.3 is 29.0 Å². The first-order chi connectivity index (χ1) is 10.3. The van der Waals surface area contributed by atoms with Crippen LogP contribution in [0.5, 0.6) is 0 Å². The second-order valence-electron chi connectivity index (χ2n) is 4.95. The Kier molecular flexibility index (Phi) is 11.0. The van der Waals surface area contributed by atoms with Gasteiger partial charge in [-0.1, -0.05) is 6.92 Å². The summed E-state index contributed by atoms with van der Waals surface area (Å²) in [6, 6.07) is 0.426. The zero-order valence-electron chi connectivity index (χ0n) is 13.6. The molecule has 0 spiro atoms. The monoisotopic (exact) mass is 305 g/mol. The molecule has 1 fully saturated rings. The lowest BCUT2D eigenvalue weighted by molar-refractivity contribution is -0.151. The van der Waals surface area contributed by atoms with Crippen LogP contribution in [0.4, 0.5) is 0 Å². The predicted molar refractivity (Wildman–Crippen MR) is 80.7 cm³/mol. The first kappa shape index (κ1) is 18.8. The van der Waals surface area contributed by atoms with Gasteiger partial charge in [-0.25, -0.2) is 0 Å². The summed E-state index contributed by atoms with van der Waals surface area (Å²) in [6.45, 7) is 9.43. The highest BCUT2D eigenvalue weighted by Crippen LogP contribution is 2.27. The van der Waals surface area contributed by atoms with Crippen LogP contribution >= 0.6 is 0 Å². The molecule has 0 saturated heterocycles. The first-order valence-corrected chi connectivity index (χ1v) is 7.94. The van der Waals surface area contributed by atoms with Crippen molar-refractivity contribution < 1.29 is 23.7 Å². The van der Waals surface area contributed by atoms with E-state index in [1.807, 2.05) is 6.92 Å². The molecule has 0 aliphatic heterocycles. The minimum absolute atomic E-state index is 0.173. The largest absolute Gasteiger partial charge is 0.382 e. The second-order valence-corrected chi connectivity index (χ2v) is 4.95. The Bertz CT molecular complexity index is 242. The zero-order valence-corrected chi connectivity index (χ0v) is 13.6. The van der Waals surface area contributed by atoms with Gasteiger partial charge in [0.15, 0.2) is 0 Å². The van der Waals surface area contributed by atoms with Crippen LogP contribution < -0.4 is 5.32 Å². The molecule has 6 nitrogen and oxygen atoms in total. The SMILES string of the molecule is CCNC1CC(OCCOCCOCCOC)C1OCC. The maximum absolute atomic E-state index is 5.81. The van der Waals surface area contributed by atoms with Crippen LogP contribution in [0.1, 0.15) is 20.3 Å².